The van der Waals surface area contributed by atoms with Crippen LogP contribution in [0.25, 0.3) is 0 Å². The summed E-state index contributed by atoms with van der Waals surface area (Å²) in [6.07, 6.45) is 7.84. The van der Waals surface area contributed by atoms with Crippen molar-refractivity contribution in [1.29, 1.82) is 0 Å². The summed E-state index contributed by atoms with van der Waals surface area (Å²) >= 11 is 0. The van der Waals surface area contributed by atoms with Crippen LogP contribution in [0.15, 0.2) is 12.2 Å². The Kier molecular flexibility index (Phi) is 2.75. The van der Waals surface area contributed by atoms with Crippen molar-refractivity contribution in [3.63, 3.8) is 0 Å². The average molecular weight is 195 g/mol. The molecule has 0 spiro atoms. The van der Waals surface area contributed by atoms with Crippen LogP contribution in [-0.2, 0) is 4.74 Å². The molecule has 0 aromatic carbocycles. The fourth-order valence-electron chi connectivity index (χ4n) is 2.42. The summed E-state index contributed by atoms with van der Waals surface area (Å²) in [6.45, 7) is 2.27. The quantitative estimate of drug-likeness (QED) is 0.685. The molecule has 0 heterocycles. The van der Waals surface area contributed by atoms with Gasteiger partial charge >= 0.3 is 6.09 Å². The maximum absolute atomic E-state index is 11.2. The number of amides is 1. The van der Waals surface area contributed by atoms with Gasteiger partial charge in [0.25, 0.3) is 0 Å². The lowest BCUT2D eigenvalue weighted by molar-refractivity contribution is 0.137. The molecule has 1 N–H and O–H groups in total. The third kappa shape index (κ3) is 1.91. The number of carbonyl (C=O) groups is 1. The van der Waals surface area contributed by atoms with Crippen molar-refractivity contribution >= 4 is 6.09 Å². The van der Waals surface area contributed by atoms with Gasteiger partial charge in [-0.2, -0.15) is 0 Å². The van der Waals surface area contributed by atoms with Crippen LogP contribution in [-0.4, -0.2) is 18.7 Å². The Morgan fingerprint density at radius 3 is 2.86 bits per heavy atom. The van der Waals surface area contributed by atoms with Gasteiger partial charge in [0.2, 0.25) is 0 Å². The standard InChI is InChI=1S/C11H17NO2/c1-2-14-11(13)12-10-7-8-3-5-9(10)6-4-8/h3,5,8-10H,2,4,6-7H2,1H3,(H,12,13). The SMILES string of the molecule is CCOC(=O)NC1CC2C=CC1CC2. The lowest BCUT2D eigenvalue weighted by Crippen LogP contribution is -2.45. The molecule has 14 heavy (non-hydrogen) atoms. The number of ether oxygens (including phenoxy) is 1. The van der Waals surface area contributed by atoms with Gasteiger partial charge in [0.15, 0.2) is 0 Å². The molecule has 0 aliphatic heterocycles. The molecule has 1 amide bonds. The van der Waals surface area contributed by atoms with Crippen LogP contribution in [0.2, 0.25) is 0 Å². The minimum atomic E-state index is -0.265. The highest BCUT2D eigenvalue weighted by molar-refractivity contribution is 5.67. The van der Waals surface area contributed by atoms with E-state index in [1.807, 2.05) is 6.92 Å². The topological polar surface area (TPSA) is 38.3 Å². The fraction of sp³-hybridized carbons (Fsp3) is 0.727. The third-order valence-electron chi connectivity index (χ3n) is 3.15. The summed E-state index contributed by atoms with van der Waals surface area (Å²) in [7, 11) is 0. The van der Waals surface area contributed by atoms with Gasteiger partial charge < -0.3 is 10.1 Å². The van der Waals surface area contributed by atoms with Gasteiger partial charge in [-0.3, -0.25) is 0 Å². The molecule has 0 radical (unpaired) electrons. The molecule has 0 saturated heterocycles. The molecule has 3 nitrogen and oxygen atoms in total. The maximum Gasteiger partial charge on any atom is 0.407 e. The number of fused-ring (bicyclic) bond motifs is 2. The first-order chi connectivity index (χ1) is 6.79. The van der Waals surface area contributed by atoms with Crippen LogP contribution < -0.4 is 5.32 Å². The molecule has 1 saturated carbocycles. The van der Waals surface area contributed by atoms with Crippen molar-refractivity contribution in [3.05, 3.63) is 12.2 Å². The molecule has 0 aromatic heterocycles. The van der Waals surface area contributed by atoms with Crippen molar-refractivity contribution < 1.29 is 9.53 Å². The van der Waals surface area contributed by atoms with E-state index in [0.717, 1.165) is 6.42 Å². The van der Waals surface area contributed by atoms with E-state index in [4.69, 9.17) is 4.74 Å². The van der Waals surface area contributed by atoms with Gasteiger partial charge in [0.1, 0.15) is 0 Å². The van der Waals surface area contributed by atoms with E-state index in [1.165, 1.54) is 12.8 Å². The van der Waals surface area contributed by atoms with Gasteiger partial charge in [-0.25, -0.2) is 4.79 Å². The molecule has 3 unspecified atom stereocenters. The van der Waals surface area contributed by atoms with E-state index >= 15 is 0 Å². The second kappa shape index (κ2) is 4.03. The Bertz CT molecular complexity index is 250. The van der Waals surface area contributed by atoms with E-state index in [0.29, 0.717) is 24.5 Å². The molecule has 3 heteroatoms. The second-order valence-corrected chi connectivity index (χ2v) is 4.09. The minimum absolute atomic E-state index is 0.265. The smallest absolute Gasteiger partial charge is 0.407 e. The zero-order chi connectivity index (χ0) is 9.97. The summed E-state index contributed by atoms with van der Waals surface area (Å²) in [6, 6.07) is 0.304. The Hall–Kier alpha value is -0.990. The molecule has 2 bridgehead atoms. The normalized spacial score (nSPS) is 34.2. The molecular formula is C11H17NO2. The Balaban J connectivity index is 1.88. The molecule has 3 aliphatic carbocycles. The predicted molar refractivity (Wildman–Crippen MR) is 53.9 cm³/mol. The maximum atomic E-state index is 11.2. The number of rotatable bonds is 2. The van der Waals surface area contributed by atoms with E-state index in [-0.39, 0.29) is 6.09 Å². The third-order valence-corrected chi connectivity index (χ3v) is 3.15. The van der Waals surface area contributed by atoms with E-state index in [1.54, 1.807) is 0 Å². The molecule has 0 aromatic rings. The van der Waals surface area contributed by atoms with Gasteiger partial charge in [-0.15, -0.1) is 0 Å². The number of allylic oxidation sites excluding steroid dienone is 1. The van der Waals surface area contributed by atoms with Crippen LogP contribution in [0.3, 0.4) is 0 Å². The zero-order valence-electron chi connectivity index (χ0n) is 8.53. The zero-order valence-corrected chi connectivity index (χ0v) is 8.53. The molecule has 1 fully saturated rings. The summed E-state index contributed by atoms with van der Waals surface area (Å²) in [5.41, 5.74) is 0. The van der Waals surface area contributed by atoms with Crippen LogP contribution in [0, 0.1) is 11.8 Å². The summed E-state index contributed by atoms with van der Waals surface area (Å²) in [5.74, 6) is 1.20. The Morgan fingerprint density at radius 1 is 1.50 bits per heavy atom. The number of nitrogens with one attached hydrogen (secondary N) is 1. The largest absolute Gasteiger partial charge is 0.450 e. The Morgan fingerprint density at radius 2 is 2.36 bits per heavy atom. The molecular weight excluding hydrogens is 178 g/mol. The first-order valence-corrected chi connectivity index (χ1v) is 5.41. The first kappa shape index (κ1) is 9.56. The highest BCUT2D eigenvalue weighted by Gasteiger charge is 2.32. The minimum Gasteiger partial charge on any atom is -0.450 e. The van der Waals surface area contributed by atoms with Crippen LogP contribution in [0.5, 0.6) is 0 Å². The highest BCUT2D eigenvalue weighted by atomic mass is 16.5. The number of hydrogen-bond donors (Lipinski definition) is 1. The van der Waals surface area contributed by atoms with Gasteiger partial charge in [-0.05, 0) is 38.0 Å². The lowest BCUT2D eigenvalue weighted by Gasteiger charge is -2.37. The fourth-order valence-corrected chi connectivity index (χ4v) is 2.42. The molecule has 3 aliphatic rings. The van der Waals surface area contributed by atoms with Crippen molar-refractivity contribution in [2.45, 2.75) is 32.2 Å². The van der Waals surface area contributed by atoms with Crippen molar-refractivity contribution in [2.24, 2.45) is 11.8 Å². The van der Waals surface area contributed by atoms with Gasteiger partial charge in [0, 0.05) is 6.04 Å². The molecule has 3 rings (SSSR count). The number of carbonyl (C=O) groups excluding carboxylic acids is 1. The van der Waals surface area contributed by atoms with Crippen LogP contribution >= 0.6 is 0 Å². The van der Waals surface area contributed by atoms with E-state index in [2.05, 4.69) is 17.5 Å². The number of hydrogen-bond acceptors (Lipinski definition) is 2. The Labute approximate surface area is 84.5 Å². The first-order valence-electron chi connectivity index (χ1n) is 5.41. The average Bonchev–Trinajstić information content (AvgIpc) is 2.19. The monoisotopic (exact) mass is 195 g/mol. The summed E-state index contributed by atoms with van der Waals surface area (Å²) in [4.78, 5) is 11.2. The summed E-state index contributed by atoms with van der Waals surface area (Å²) in [5, 5.41) is 2.94. The summed E-state index contributed by atoms with van der Waals surface area (Å²) < 4.78 is 4.88. The molecule has 78 valence electrons. The van der Waals surface area contributed by atoms with E-state index in [9.17, 15) is 4.79 Å². The highest BCUT2D eigenvalue weighted by Crippen LogP contribution is 2.36. The van der Waals surface area contributed by atoms with Crippen molar-refractivity contribution in [3.8, 4) is 0 Å². The van der Waals surface area contributed by atoms with Crippen molar-refractivity contribution in [2.75, 3.05) is 6.61 Å². The van der Waals surface area contributed by atoms with Gasteiger partial charge in [0.05, 0.1) is 6.61 Å². The van der Waals surface area contributed by atoms with Gasteiger partial charge in [-0.1, -0.05) is 12.2 Å². The van der Waals surface area contributed by atoms with Crippen LogP contribution in [0.1, 0.15) is 26.2 Å². The lowest BCUT2D eigenvalue weighted by atomic mass is 9.73. The van der Waals surface area contributed by atoms with Crippen molar-refractivity contribution in [1.82, 2.24) is 5.32 Å². The van der Waals surface area contributed by atoms with E-state index < -0.39 is 0 Å². The predicted octanol–water partition coefficient (Wildman–Crippen LogP) is 2.09. The number of alkyl carbamates (subject to hydrolysis) is 1. The van der Waals surface area contributed by atoms with Crippen LogP contribution in [0.4, 0.5) is 4.79 Å². The second-order valence-electron chi connectivity index (χ2n) is 4.09. The molecule has 3 atom stereocenters.